The molecule has 25 heavy (non-hydrogen) atoms. The van der Waals surface area contributed by atoms with E-state index in [2.05, 4.69) is 10.3 Å². The van der Waals surface area contributed by atoms with Gasteiger partial charge < -0.3 is 10.1 Å². The van der Waals surface area contributed by atoms with E-state index in [0.29, 0.717) is 11.5 Å². The molecule has 1 aromatic heterocycles. The number of pyridine rings is 1. The topological polar surface area (TPSA) is 94.3 Å². The van der Waals surface area contributed by atoms with E-state index in [0.717, 1.165) is 16.9 Å². The molecule has 1 heterocycles. The number of benzene rings is 2. The summed E-state index contributed by atoms with van der Waals surface area (Å²) in [5.41, 5.74) is 2.62. The van der Waals surface area contributed by atoms with Crippen LogP contribution in [0.2, 0.25) is 0 Å². The third-order valence-corrected chi connectivity index (χ3v) is 4.56. The molecule has 0 saturated carbocycles. The van der Waals surface area contributed by atoms with Crippen LogP contribution in [-0.4, -0.2) is 20.5 Å². The van der Waals surface area contributed by atoms with E-state index in [1.54, 1.807) is 25.4 Å². The zero-order valence-corrected chi connectivity index (χ0v) is 14.3. The van der Waals surface area contributed by atoms with E-state index in [9.17, 15) is 8.42 Å². The number of aromatic nitrogens is 1. The quantitative estimate of drug-likeness (QED) is 0.733. The number of nitrogens with zero attached hydrogens (tertiary/aromatic N) is 1. The van der Waals surface area contributed by atoms with Gasteiger partial charge in [0.25, 0.3) is 0 Å². The van der Waals surface area contributed by atoms with Crippen molar-refractivity contribution in [3.63, 3.8) is 0 Å². The van der Waals surface area contributed by atoms with Crippen LogP contribution >= 0.6 is 0 Å². The summed E-state index contributed by atoms with van der Waals surface area (Å²) in [6.45, 7) is 0. The Morgan fingerprint density at radius 3 is 2.44 bits per heavy atom. The van der Waals surface area contributed by atoms with Crippen LogP contribution in [0.3, 0.4) is 0 Å². The molecule has 3 rings (SSSR count). The van der Waals surface area contributed by atoms with Gasteiger partial charge in [-0.25, -0.2) is 18.5 Å². The molecule has 6 nitrogen and oxygen atoms in total. The van der Waals surface area contributed by atoms with Crippen LogP contribution in [0.25, 0.3) is 11.1 Å². The van der Waals surface area contributed by atoms with Crippen molar-refractivity contribution >= 4 is 21.5 Å². The highest BCUT2D eigenvalue weighted by Crippen LogP contribution is 2.30. The number of nitrogens with one attached hydrogen (secondary N) is 1. The van der Waals surface area contributed by atoms with Crippen molar-refractivity contribution in [2.24, 2.45) is 5.14 Å². The number of anilines is 2. The van der Waals surface area contributed by atoms with Crippen molar-refractivity contribution in [2.75, 3.05) is 12.4 Å². The molecule has 7 heteroatoms. The second kappa shape index (κ2) is 6.92. The van der Waals surface area contributed by atoms with Crippen LogP contribution < -0.4 is 15.2 Å². The lowest BCUT2D eigenvalue weighted by Gasteiger charge is -2.11. The molecule has 2 aromatic carbocycles. The van der Waals surface area contributed by atoms with Gasteiger partial charge in [-0.15, -0.1) is 0 Å². The smallest absolute Gasteiger partial charge is 0.238 e. The van der Waals surface area contributed by atoms with Crippen molar-refractivity contribution < 1.29 is 13.2 Å². The summed E-state index contributed by atoms with van der Waals surface area (Å²) in [5.74, 6) is 1.41. The van der Waals surface area contributed by atoms with Crippen LogP contribution in [-0.2, 0) is 10.0 Å². The van der Waals surface area contributed by atoms with Gasteiger partial charge in [-0.2, -0.15) is 0 Å². The lowest BCUT2D eigenvalue weighted by atomic mass is 10.1. The highest BCUT2D eigenvalue weighted by atomic mass is 32.2. The molecule has 0 radical (unpaired) electrons. The first-order valence-corrected chi connectivity index (χ1v) is 9.01. The largest absolute Gasteiger partial charge is 0.496 e. The SMILES string of the molecule is COc1ccccc1-c1ccnc(Nc2ccc(S(N)(=O)=O)cc2)c1. The predicted octanol–water partition coefficient (Wildman–Crippen LogP) is 3.15. The van der Waals surface area contributed by atoms with Crippen LogP contribution in [0.5, 0.6) is 5.75 Å². The molecule has 0 amide bonds. The Morgan fingerprint density at radius 1 is 1.04 bits per heavy atom. The maximum atomic E-state index is 11.3. The fourth-order valence-electron chi connectivity index (χ4n) is 2.43. The number of rotatable bonds is 5. The molecule has 3 aromatic rings. The van der Waals surface area contributed by atoms with Gasteiger partial charge in [0, 0.05) is 17.4 Å². The Kier molecular flexibility index (Phi) is 4.69. The van der Waals surface area contributed by atoms with Gasteiger partial charge in [0.15, 0.2) is 0 Å². The van der Waals surface area contributed by atoms with Gasteiger partial charge in [0.1, 0.15) is 11.6 Å². The number of nitrogens with two attached hydrogens (primary N) is 1. The molecule has 3 N–H and O–H groups in total. The minimum atomic E-state index is -3.70. The van der Waals surface area contributed by atoms with E-state index >= 15 is 0 Å². The summed E-state index contributed by atoms with van der Waals surface area (Å²) in [6, 6.07) is 17.7. The van der Waals surface area contributed by atoms with E-state index in [1.807, 2.05) is 36.4 Å². The van der Waals surface area contributed by atoms with Gasteiger partial charge in [0.05, 0.1) is 12.0 Å². The third kappa shape index (κ3) is 3.96. The average molecular weight is 355 g/mol. The van der Waals surface area contributed by atoms with Gasteiger partial charge in [-0.1, -0.05) is 18.2 Å². The molecule has 0 bridgehead atoms. The second-order valence-electron chi connectivity index (χ2n) is 5.32. The van der Waals surface area contributed by atoms with Crippen molar-refractivity contribution in [3.8, 4) is 16.9 Å². The van der Waals surface area contributed by atoms with Crippen LogP contribution in [0.1, 0.15) is 0 Å². The number of hydrogen-bond donors (Lipinski definition) is 2. The second-order valence-corrected chi connectivity index (χ2v) is 6.89. The maximum Gasteiger partial charge on any atom is 0.238 e. The number of sulfonamides is 1. The van der Waals surface area contributed by atoms with E-state index in [-0.39, 0.29) is 4.90 Å². The van der Waals surface area contributed by atoms with Crippen LogP contribution in [0.15, 0.2) is 71.8 Å². The molecule has 0 unspecified atom stereocenters. The summed E-state index contributed by atoms with van der Waals surface area (Å²) < 4.78 is 28.0. The van der Waals surface area contributed by atoms with Crippen molar-refractivity contribution in [2.45, 2.75) is 4.90 Å². The fraction of sp³-hybridized carbons (Fsp3) is 0.0556. The Bertz CT molecular complexity index is 986. The molecular weight excluding hydrogens is 338 g/mol. The highest BCUT2D eigenvalue weighted by Gasteiger charge is 2.08. The molecule has 0 atom stereocenters. The minimum Gasteiger partial charge on any atom is -0.496 e. The Morgan fingerprint density at radius 2 is 1.76 bits per heavy atom. The first-order valence-electron chi connectivity index (χ1n) is 7.47. The van der Waals surface area contributed by atoms with E-state index in [4.69, 9.17) is 9.88 Å². The van der Waals surface area contributed by atoms with Crippen molar-refractivity contribution in [1.29, 1.82) is 0 Å². The number of hydrogen-bond acceptors (Lipinski definition) is 5. The van der Waals surface area contributed by atoms with E-state index < -0.39 is 10.0 Å². The lowest BCUT2D eigenvalue weighted by molar-refractivity contribution is 0.416. The number of primary sulfonamides is 1. The zero-order chi connectivity index (χ0) is 17.9. The molecule has 128 valence electrons. The summed E-state index contributed by atoms with van der Waals surface area (Å²) in [7, 11) is -2.07. The van der Waals surface area contributed by atoms with Gasteiger partial charge >= 0.3 is 0 Å². The fourth-order valence-corrected chi connectivity index (χ4v) is 2.94. The van der Waals surface area contributed by atoms with Crippen molar-refractivity contribution in [3.05, 3.63) is 66.9 Å². The first kappa shape index (κ1) is 16.9. The third-order valence-electron chi connectivity index (χ3n) is 3.63. The Labute approximate surface area is 146 Å². The summed E-state index contributed by atoms with van der Waals surface area (Å²) >= 11 is 0. The maximum absolute atomic E-state index is 11.3. The summed E-state index contributed by atoms with van der Waals surface area (Å²) in [6.07, 6.45) is 1.70. The van der Waals surface area contributed by atoms with Gasteiger partial charge in [-0.05, 0) is 48.0 Å². The number of ether oxygens (including phenoxy) is 1. The molecule has 0 fully saturated rings. The zero-order valence-electron chi connectivity index (χ0n) is 13.5. The molecule has 0 saturated heterocycles. The molecular formula is C18H17N3O3S. The lowest BCUT2D eigenvalue weighted by Crippen LogP contribution is -2.11. The standard InChI is InChI=1S/C18H17N3O3S/c1-24-17-5-3-2-4-16(17)13-10-11-20-18(12-13)21-14-6-8-15(9-7-14)25(19,22)23/h2-12H,1H3,(H,20,21)(H2,19,22,23). The predicted molar refractivity (Wildman–Crippen MR) is 97.3 cm³/mol. The van der Waals surface area contributed by atoms with Crippen LogP contribution in [0, 0.1) is 0 Å². The van der Waals surface area contributed by atoms with Gasteiger partial charge in [0.2, 0.25) is 10.0 Å². The summed E-state index contributed by atoms with van der Waals surface area (Å²) in [5, 5.41) is 8.24. The number of para-hydroxylation sites is 1. The first-order chi connectivity index (χ1) is 12.0. The molecule has 0 aliphatic carbocycles. The summed E-state index contributed by atoms with van der Waals surface area (Å²) in [4.78, 5) is 4.36. The number of methoxy groups -OCH3 is 1. The molecule has 0 spiro atoms. The average Bonchev–Trinajstić information content (AvgIpc) is 2.61. The monoisotopic (exact) mass is 355 g/mol. The Hall–Kier alpha value is -2.90. The normalized spacial score (nSPS) is 11.1. The van der Waals surface area contributed by atoms with Crippen molar-refractivity contribution in [1.82, 2.24) is 4.98 Å². The molecule has 0 aliphatic rings. The van der Waals surface area contributed by atoms with Crippen LogP contribution in [0.4, 0.5) is 11.5 Å². The van der Waals surface area contributed by atoms with E-state index in [1.165, 1.54) is 12.1 Å². The highest BCUT2D eigenvalue weighted by molar-refractivity contribution is 7.89. The van der Waals surface area contributed by atoms with Gasteiger partial charge in [-0.3, -0.25) is 0 Å². The minimum absolute atomic E-state index is 0.0637. The Balaban J connectivity index is 1.87. The molecule has 0 aliphatic heterocycles.